The second kappa shape index (κ2) is 5.25. The monoisotopic (exact) mass is 316 g/mol. The van der Waals surface area contributed by atoms with E-state index in [-0.39, 0.29) is 15.8 Å². The third-order valence-electron chi connectivity index (χ3n) is 2.40. The van der Waals surface area contributed by atoms with Crippen LogP contribution in [0.2, 0.25) is 0 Å². The molecular formula is C11H12N2O5S2. The average Bonchev–Trinajstić information content (AvgIpc) is 2.94. The van der Waals surface area contributed by atoms with Crippen molar-refractivity contribution in [2.45, 2.75) is 18.7 Å². The standard InChI is InChI=1S/C11H12N2O5S2/c1-6-5-19-8(10(14)17-3)9(6)20(15,16)13-11-12-7(2)4-18-11/h4-5H,1-3H3,(H,12,13). The van der Waals surface area contributed by atoms with Crippen LogP contribution in [0.5, 0.6) is 0 Å². The van der Waals surface area contributed by atoms with Crippen molar-refractivity contribution in [1.29, 1.82) is 0 Å². The van der Waals surface area contributed by atoms with Crippen molar-refractivity contribution in [2.24, 2.45) is 0 Å². The van der Waals surface area contributed by atoms with Crippen LogP contribution >= 0.6 is 11.3 Å². The average molecular weight is 316 g/mol. The molecular weight excluding hydrogens is 304 g/mol. The molecule has 108 valence electrons. The number of carbonyl (C=O) groups is 1. The first-order valence-corrected chi connectivity index (χ1v) is 7.83. The second-order valence-electron chi connectivity index (χ2n) is 3.97. The number of carbonyl (C=O) groups excluding carboxylic acids is 1. The number of aryl methyl sites for hydroxylation is 2. The molecule has 0 aliphatic carbocycles. The molecule has 7 nitrogen and oxygen atoms in total. The molecule has 2 heterocycles. The maximum Gasteiger partial charge on any atom is 0.349 e. The maximum atomic E-state index is 12.3. The minimum atomic E-state index is -3.97. The lowest BCUT2D eigenvalue weighted by Gasteiger charge is -2.06. The molecule has 0 aliphatic rings. The van der Waals surface area contributed by atoms with Gasteiger partial charge in [0.1, 0.15) is 16.0 Å². The zero-order chi connectivity index (χ0) is 14.9. The van der Waals surface area contributed by atoms with Crippen molar-refractivity contribution < 1.29 is 22.4 Å². The summed E-state index contributed by atoms with van der Waals surface area (Å²) in [4.78, 5) is 15.4. The number of methoxy groups -OCH3 is 1. The summed E-state index contributed by atoms with van der Waals surface area (Å²) in [6.45, 7) is 3.26. The van der Waals surface area contributed by atoms with Crippen molar-refractivity contribution in [3.8, 4) is 0 Å². The summed E-state index contributed by atoms with van der Waals surface area (Å²) in [5, 5.41) is 1.57. The van der Waals surface area contributed by atoms with Crippen LogP contribution in [0.25, 0.3) is 0 Å². The van der Waals surface area contributed by atoms with E-state index in [9.17, 15) is 13.2 Å². The predicted octanol–water partition coefficient (Wildman–Crippen LogP) is 1.94. The highest BCUT2D eigenvalue weighted by molar-refractivity contribution is 7.93. The fraction of sp³-hybridized carbons (Fsp3) is 0.273. The van der Waals surface area contributed by atoms with Gasteiger partial charge in [-0.3, -0.25) is 0 Å². The van der Waals surface area contributed by atoms with E-state index in [1.54, 1.807) is 19.2 Å². The summed E-state index contributed by atoms with van der Waals surface area (Å²) >= 11 is 1.01. The number of oxazole rings is 1. The summed E-state index contributed by atoms with van der Waals surface area (Å²) in [6.07, 6.45) is 1.32. The van der Waals surface area contributed by atoms with E-state index < -0.39 is 16.0 Å². The lowest BCUT2D eigenvalue weighted by molar-refractivity contribution is 0.0602. The fourth-order valence-electron chi connectivity index (χ4n) is 1.57. The van der Waals surface area contributed by atoms with E-state index in [0.717, 1.165) is 11.3 Å². The smallest absolute Gasteiger partial charge is 0.349 e. The van der Waals surface area contributed by atoms with Crippen molar-refractivity contribution in [1.82, 2.24) is 4.98 Å². The summed E-state index contributed by atoms with van der Waals surface area (Å²) in [5.74, 6) is -0.702. The van der Waals surface area contributed by atoms with Crippen LogP contribution in [0.15, 0.2) is 21.0 Å². The number of aromatic nitrogens is 1. The number of esters is 1. The summed E-state index contributed by atoms with van der Waals surface area (Å²) in [5.41, 5.74) is 0.990. The molecule has 1 N–H and O–H groups in total. The molecule has 0 fully saturated rings. The highest BCUT2D eigenvalue weighted by atomic mass is 32.2. The van der Waals surface area contributed by atoms with Gasteiger partial charge in [0, 0.05) is 0 Å². The summed E-state index contributed by atoms with van der Waals surface area (Å²) in [7, 11) is -2.78. The minimum absolute atomic E-state index is 0.0146. The number of rotatable bonds is 4. The first-order valence-electron chi connectivity index (χ1n) is 5.46. The molecule has 0 unspecified atom stereocenters. The number of hydrogen-bond donors (Lipinski definition) is 1. The molecule has 0 bridgehead atoms. The number of nitrogens with one attached hydrogen (secondary N) is 1. The third-order valence-corrected chi connectivity index (χ3v) is 5.11. The molecule has 2 aromatic rings. The molecule has 0 aliphatic heterocycles. The van der Waals surface area contributed by atoms with E-state index in [1.807, 2.05) is 0 Å². The first kappa shape index (κ1) is 14.5. The van der Waals surface area contributed by atoms with E-state index in [4.69, 9.17) is 4.42 Å². The van der Waals surface area contributed by atoms with Gasteiger partial charge in [-0.05, 0) is 24.8 Å². The van der Waals surface area contributed by atoms with Gasteiger partial charge in [-0.1, -0.05) is 0 Å². The van der Waals surface area contributed by atoms with Crippen molar-refractivity contribution >= 4 is 33.3 Å². The molecule has 2 aromatic heterocycles. The number of hydrogen-bond acceptors (Lipinski definition) is 7. The summed E-state index contributed by atoms with van der Waals surface area (Å²) < 4.78 is 36.4. The lowest BCUT2D eigenvalue weighted by atomic mass is 10.3. The maximum absolute atomic E-state index is 12.3. The molecule has 0 saturated heterocycles. The van der Waals surface area contributed by atoms with Gasteiger partial charge >= 0.3 is 12.0 Å². The minimum Gasteiger partial charge on any atom is -0.465 e. The quantitative estimate of drug-likeness (QED) is 0.866. The van der Waals surface area contributed by atoms with Crippen molar-refractivity contribution in [2.75, 3.05) is 11.8 Å². The zero-order valence-corrected chi connectivity index (χ0v) is 12.6. The van der Waals surface area contributed by atoms with Gasteiger partial charge in [-0.2, -0.15) is 4.98 Å². The van der Waals surface area contributed by atoms with Gasteiger partial charge in [0.2, 0.25) is 0 Å². The van der Waals surface area contributed by atoms with Crippen LogP contribution in [0.4, 0.5) is 6.01 Å². The Balaban J connectivity index is 2.44. The zero-order valence-electron chi connectivity index (χ0n) is 11.0. The van der Waals surface area contributed by atoms with Crippen LogP contribution in [-0.2, 0) is 14.8 Å². The third kappa shape index (κ3) is 2.68. The van der Waals surface area contributed by atoms with Crippen LogP contribution in [-0.4, -0.2) is 26.5 Å². The first-order chi connectivity index (χ1) is 9.35. The molecule has 9 heteroatoms. The molecule has 0 radical (unpaired) electrons. The van der Waals surface area contributed by atoms with E-state index >= 15 is 0 Å². The van der Waals surface area contributed by atoms with Gasteiger partial charge in [0.25, 0.3) is 10.0 Å². The number of anilines is 1. The Labute approximate surface area is 119 Å². The van der Waals surface area contributed by atoms with Gasteiger partial charge < -0.3 is 9.15 Å². The van der Waals surface area contributed by atoms with Gasteiger partial charge in [-0.15, -0.1) is 11.3 Å². The Morgan fingerprint density at radius 3 is 2.70 bits per heavy atom. The largest absolute Gasteiger partial charge is 0.465 e. The Bertz CT molecular complexity index is 745. The van der Waals surface area contributed by atoms with Gasteiger partial charge in [0.15, 0.2) is 0 Å². The fourth-order valence-corrected chi connectivity index (χ4v) is 4.21. The van der Waals surface area contributed by atoms with E-state index in [1.165, 1.54) is 13.4 Å². The van der Waals surface area contributed by atoms with Crippen LogP contribution in [0.3, 0.4) is 0 Å². The summed E-state index contributed by atoms with van der Waals surface area (Å²) in [6, 6.07) is -0.149. The van der Waals surface area contributed by atoms with E-state index in [0.29, 0.717) is 11.3 Å². The Morgan fingerprint density at radius 2 is 2.15 bits per heavy atom. The molecule has 0 amide bonds. The van der Waals surface area contributed by atoms with Gasteiger partial charge in [0.05, 0.1) is 12.8 Å². The number of thiophene rings is 1. The lowest BCUT2D eigenvalue weighted by Crippen LogP contribution is -2.17. The SMILES string of the molecule is COC(=O)c1scc(C)c1S(=O)(=O)Nc1nc(C)co1. The number of ether oxygens (including phenoxy) is 1. The van der Waals surface area contributed by atoms with Crippen molar-refractivity contribution in [3.05, 3.63) is 27.8 Å². The second-order valence-corrected chi connectivity index (χ2v) is 6.47. The molecule has 0 saturated carbocycles. The molecule has 20 heavy (non-hydrogen) atoms. The topological polar surface area (TPSA) is 98.5 Å². The van der Waals surface area contributed by atoms with Crippen molar-refractivity contribution in [3.63, 3.8) is 0 Å². The highest BCUT2D eigenvalue weighted by Crippen LogP contribution is 2.29. The Hall–Kier alpha value is -1.87. The van der Waals surface area contributed by atoms with Gasteiger partial charge in [-0.25, -0.2) is 17.9 Å². The number of sulfonamides is 1. The van der Waals surface area contributed by atoms with E-state index in [2.05, 4.69) is 14.4 Å². The highest BCUT2D eigenvalue weighted by Gasteiger charge is 2.28. The Morgan fingerprint density at radius 1 is 1.45 bits per heavy atom. The number of nitrogens with zero attached hydrogens (tertiary/aromatic N) is 1. The molecule has 0 spiro atoms. The normalized spacial score (nSPS) is 11.3. The molecule has 2 rings (SSSR count). The molecule has 0 aromatic carbocycles. The molecule has 0 atom stereocenters. The van der Waals surface area contributed by atoms with Crippen LogP contribution in [0.1, 0.15) is 20.9 Å². The van der Waals surface area contributed by atoms with Crippen LogP contribution < -0.4 is 4.72 Å². The Kier molecular flexibility index (Phi) is 3.82. The van der Waals surface area contributed by atoms with Crippen LogP contribution in [0, 0.1) is 13.8 Å². The predicted molar refractivity (Wildman–Crippen MR) is 72.4 cm³/mol.